The zero-order chi connectivity index (χ0) is 30.6. The Morgan fingerprint density at radius 3 is 2.74 bits per heavy atom. The van der Waals surface area contributed by atoms with E-state index in [1.165, 1.54) is 4.57 Å². The van der Waals surface area contributed by atoms with Gasteiger partial charge in [-0.1, -0.05) is 0 Å². The number of aliphatic hydroxyl groups excluding tert-OH is 2. The number of imidazole rings is 1. The number of nitrogen functional groups attached to an aromatic ring is 2. The van der Waals surface area contributed by atoms with Crippen LogP contribution in [0.25, 0.3) is 22.2 Å². The number of ether oxygens (including phenoxy) is 2. The van der Waals surface area contributed by atoms with Crippen LogP contribution in [-0.4, -0.2) is 93.0 Å². The highest BCUT2D eigenvalue weighted by Crippen LogP contribution is 2.50. The fourth-order valence-electron chi connectivity index (χ4n) is 5.20. The quantitative estimate of drug-likeness (QED) is 0.129. The molecule has 8 atom stereocenters. The maximum absolute atomic E-state index is 15.2. The molecule has 43 heavy (non-hydrogen) atoms. The van der Waals surface area contributed by atoms with Crippen LogP contribution in [0.4, 0.5) is 20.5 Å². The van der Waals surface area contributed by atoms with Gasteiger partial charge in [0.1, 0.15) is 30.6 Å². The fourth-order valence-corrected chi connectivity index (χ4v) is 6.13. The molecule has 4 aromatic heterocycles. The maximum Gasteiger partial charge on any atom is 0.472 e. The van der Waals surface area contributed by atoms with Crippen LogP contribution in [0.1, 0.15) is 25.3 Å². The molecule has 18 nitrogen and oxygen atoms in total. The highest BCUT2D eigenvalue weighted by molar-refractivity contribution is 7.47. The van der Waals surface area contributed by atoms with Gasteiger partial charge in [-0.25, -0.2) is 28.3 Å². The summed E-state index contributed by atoms with van der Waals surface area (Å²) in [5.41, 5.74) is 10.5. The summed E-state index contributed by atoms with van der Waals surface area (Å²) in [5, 5.41) is 20.1. The normalized spacial score (nSPS) is 29.1. The molecule has 1 unspecified atom stereocenters. The molecule has 0 aliphatic carbocycles. The summed E-state index contributed by atoms with van der Waals surface area (Å²) in [4.78, 5) is 40.5. The summed E-state index contributed by atoms with van der Waals surface area (Å²) < 4.78 is 66.5. The summed E-state index contributed by atoms with van der Waals surface area (Å²) in [5.74, 6) is -1.00. The predicted octanol–water partition coefficient (Wildman–Crippen LogP) is -0.364. The SMILES string of the molecule is Nc1nc2c(ncn2[C@@H]2O[C@H](CO)[C@@H](F)[C@H]2OP(=O)(O)OCC[C@H]2O[C@@H](n3cc(F)c4c(N)ncnc43)C[C@@H]2O)c(=O)[nH]1. The van der Waals surface area contributed by atoms with Crippen molar-refractivity contribution in [3.8, 4) is 0 Å². The Morgan fingerprint density at radius 2 is 1.98 bits per heavy atom. The van der Waals surface area contributed by atoms with E-state index < -0.39 is 75.5 Å². The van der Waals surface area contributed by atoms with E-state index in [-0.39, 0.29) is 46.8 Å². The number of nitrogens with one attached hydrogen (secondary N) is 1. The van der Waals surface area contributed by atoms with Crippen LogP contribution in [0.3, 0.4) is 0 Å². The van der Waals surface area contributed by atoms with Crippen molar-refractivity contribution in [2.45, 2.75) is 55.9 Å². The number of anilines is 2. The molecule has 232 valence electrons. The number of H-pyrrole nitrogens is 1. The van der Waals surface area contributed by atoms with Crippen molar-refractivity contribution in [1.82, 2.24) is 34.1 Å². The first-order valence-electron chi connectivity index (χ1n) is 12.9. The lowest BCUT2D eigenvalue weighted by Crippen LogP contribution is -2.32. The molecular weight excluding hydrogens is 603 g/mol. The first-order valence-corrected chi connectivity index (χ1v) is 14.4. The van der Waals surface area contributed by atoms with E-state index in [1.54, 1.807) is 0 Å². The largest absolute Gasteiger partial charge is 0.472 e. The van der Waals surface area contributed by atoms with Gasteiger partial charge in [0.2, 0.25) is 5.95 Å². The zero-order valence-electron chi connectivity index (χ0n) is 21.9. The van der Waals surface area contributed by atoms with Crippen LogP contribution >= 0.6 is 7.82 Å². The molecule has 0 aromatic carbocycles. The Morgan fingerprint density at radius 1 is 1.19 bits per heavy atom. The second-order valence-corrected chi connectivity index (χ2v) is 11.3. The number of alkyl halides is 1. The summed E-state index contributed by atoms with van der Waals surface area (Å²) in [6.45, 7) is -1.27. The van der Waals surface area contributed by atoms with Crippen LogP contribution in [0.15, 0.2) is 23.6 Å². The van der Waals surface area contributed by atoms with Crippen molar-refractivity contribution in [3.05, 3.63) is 35.0 Å². The highest BCUT2D eigenvalue weighted by Gasteiger charge is 2.50. The fraction of sp³-hybridized carbons (Fsp3) is 0.500. The Hall–Kier alpha value is -3.62. The molecule has 2 saturated heterocycles. The highest BCUT2D eigenvalue weighted by atomic mass is 31.2. The Kier molecular flexibility index (Phi) is 7.63. The second-order valence-electron chi connectivity index (χ2n) is 9.90. The van der Waals surface area contributed by atoms with Gasteiger partial charge in [0.25, 0.3) is 5.56 Å². The number of phosphoric ester groups is 1. The Balaban J connectivity index is 1.13. The number of hydrogen-bond acceptors (Lipinski definition) is 14. The molecular formula is C22H26F2N9O9P. The van der Waals surface area contributed by atoms with Gasteiger partial charge in [-0.3, -0.25) is 23.4 Å². The standard InChI is InChI=1S/C22H26F2N9O9P/c23-8-4-32(18-13(8)17(25)27-6-28-18)12-3-9(35)10(40-12)1-2-39-43(37,38)42-16-14(24)11(5-34)41-21(16)33-7-29-15-19(33)30-22(26)31-20(15)36/h4,6-7,9-12,14,16,21,34-35H,1-3,5H2,(H,37,38)(H2,25,27,28)(H3,26,30,31,36)/t9-,10+,11+,12+,14+,16+,21+/m0/s1. The Bertz CT molecular complexity index is 1770. The van der Waals surface area contributed by atoms with Crippen molar-refractivity contribution in [2.75, 3.05) is 24.7 Å². The van der Waals surface area contributed by atoms with Crippen molar-refractivity contribution in [3.63, 3.8) is 0 Å². The summed E-state index contributed by atoms with van der Waals surface area (Å²) in [6, 6.07) is 0. The number of halogens is 2. The van der Waals surface area contributed by atoms with Crippen molar-refractivity contribution in [1.29, 1.82) is 0 Å². The topological polar surface area (TPSA) is 261 Å². The third-order valence-electron chi connectivity index (χ3n) is 7.19. The van der Waals surface area contributed by atoms with E-state index in [0.717, 1.165) is 23.4 Å². The van der Waals surface area contributed by atoms with E-state index >= 15 is 4.39 Å². The third-order valence-corrected chi connectivity index (χ3v) is 8.21. The monoisotopic (exact) mass is 629 g/mol. The average Bonchev–Trinajstić information content (AvgIpc) is 3.69. The van der Waals surface area contributed by atoms with Gasteiger partial charge in [-0.15, -0.1) is 0 Å². The lowest BCUT2D eigenvalue weighted by atomic mass is 10.1. The molecule has 2 fully saturated rings. The maximum atomic E-state index is 15.2. The van der Waals surface area contributed by atoms with E-state index in [1.807, 2.05) is 0 Å². The molecule has 0 bridgehead atoms. The molecule has 2 aliphatic heterocycles. The summed E-state index contributed by atoms with van der Waals surface area (Å²) in [6.07, 6.45) is -6.35. The smallest absolute Gasteiger partial charge is 0.394 e. The van der Waals surface area contributed by atoms with Crippen LogP contribution in [-0.2, 0) is 23.1 Å². The van der Waals surface area contributed by atoms with Gasteiger partial charge in [0.15, 0.2) is 35.0 Å². The van der Waals surface area contributed by atoms with Crippen molar-refractivity contribution in [2.24, 2.45) is 0 Å². The number of aliphatic hydroxyl groups is 2. The number of aromatic nitrogens is 7. The molecule has 8 N–H and O–H groups in total. The minimum atomic E-state index is -4.99. The molecule has 2 aliphatic rings. The number of nitrogens with two attached hydrogens (primary N) is 2. The van der Waals surface area contributed by atoms with Crippen LogP contribution < -0.4 is 17.0 Å². The molecule has 21 heteroatoms. The van der Waals surface area contributed by atoms with E-state index in [0.29, 0.717) is 0 Å². The van der Waals surface area contributed by atoms with E-state index in [9.17, 15) is 28.9 Å². The lowest BCUT2D eigenvalue weighted by molar-refractivity contribution is -0.0515. The minimum absolute atomic E-state index is 0.00397. The van der Waals surface area contributed by atoms with Gasteiger partial charge < -0.3 is 40.6 Å². The molecule has 0 saturated carbocycles. The van der Waals surface area contributed by atoms with Gasteiger partial charge >= 0.3 is 7.82 Å². The van der Waals surface area contributed by atoms with Crippen LogP contribution in [0.2, 0.25) is 0 Å². The third kappa shape index (κ3) is 5.36. The molecule has 0 amide bonds. The Labute approximate surface area is 238 Å². The summed E-state index contributed by atoms with van der Waals surface area (Å²) in [7, 11) is -4.99. The number of aromatic amines is 1. The van der Waals surface area contributed by atoms with E-state index in [4.69, 9.17) is 30.0 Å². The van der Waals surface area contributed by atoms with Gasteiger partial charge in [0, 0.05) is 19.0 Å². The van der Waals surface area contributed by atoms with Gasteiger partial charge in [0.05, 0.1) is 37.1 Å². The first kappa shape index (κ1) is 29.5. The molecule has 0 radical (unpaired) electrons. The molecule has 6 rings (SSSR count). The predicted molar refractivity (Wildman–Crippen MR) is 140 cm³/mol. The average molecular weight is 629 g/mol. The number of phosphoric acid groups is 1. The summed E-state index contributed by atoms with van der Waals surface area (Å²) >= 11 is 0. The number of fused-ring (bicyclic) bond motifs is 2. The number of hydrogen-bond donors (Lipinski definition) is 6. The number of rotatable bonds is 9. The molecule has 4 aromatic rings. The lowest BCUT2D eigenvalue weighted by Gasteiger charge is -2.23. The molecule has 0 spiro atoms. The van der Waals surface area contributed by atoms with Crippen molar-refractivity contribution < 1.29 is 47.0 Å². The van der Waals surface area contributed by atoms with Crippen LogP contribution in [0.5, 0.6) is 0 Å². The first-order chi connectivity index (χ1) is 20.5. The molecule has 6 heterocycles. The van der Waals surface area contributed by atoms with E-state index in [2.05, 4.69) is 24.9 Å². The van der Waals surface area contributed by atoms with Crippen molar-refractivity contribution >= 4 is 41.8 Å². The van der Waals surface area contributed by atoms with Gasteiger partial charge in [-0.2, -0.15) is 4.98 Å². The second kappa shape index (κ2) is 11.1. The van der Waals surface area contributed by atoms with Gasteiger partial charge in [-0.05, 0) is 0 Å². The number of nitrogens with zero attached hydrogens (tertiary/aromatic N) is 6. The van der Waals surface area contributed by atoms with Crippen LogP contribution in [0, 0.1) is 5.82 Å². The minimum Gasteiger partial charge on any atom is -0.394 e. The zero-order valence-corrected chi connectivity index (χ0v) is 22.8.